The molecule has 2 heterocycles. The maximum absolute atomic E-state index is 12.7. The van der Waals surface area contributed by atoms with Crippen molar-refractivity contribution in [2.24, 2.45) is 0 Å². The van der Waals surface area contributed by atoms with Crippen LogP contribution in [0.3, 0.4) is 0 Å². The summed E-state index contributed by atoms with van der Waals surface area (Å²) in [6.45, 7) is 3.67. The Labute approximate surface area is 407 Å². The number of hydrogen-bond donors (Lipinski definition) is 2. The number of nitro benzene ring substituents is 1. The van der Waals surface area contributed by atoms with Gasteiger partial charge >= 0.3 is 54.3 Å². The number of hydrogen-bond acceptors (Lipinski definition) is 6. The Kier molecular flexibility index (Phi) is 23.4. The first kappa shape index (κ1) is 59.9. The number of benzene rings is 4. The number of halogens is 18. The molecule has 0 aliphatic carbocycles. The van der Waals surface area contributed by atoms with Crippen LogP contribution < -0.4 is 46.0 Å². The molecule has 0 atom stereocenters. The number of nitrogens with two attached hydrogens (primary N) is 2. The fourth-order valence-electron chi connectivity index (χ4n) is 4.21. The summed E-state index contributed by atoms with van der Waals surface area (Å²) in [7, 11) is 0. The minimum absolute atomic E-state index is 0. The van der Waals surface area contributed by atoms with Crippen molar-refractivity contribution in [3.63, 3.8) is 0 Å². The maximum atomic E-state index is 12.7. The molecule has 0 aliphatic heterocycles. The van der Waals surface area contributed by atoms with E-state index in [1.165, 1.54) is 23.3 Å². The Morgan fingerprint density at radius 2 is 1.16 bits per heavy atom. The molecule has 0 fully saturated rings. The summed E-state index contributed by atoms with van der Waals surface area (Å²) >= 11 is 5.10. The summed E-state index contributed by atoms with van der Waals surface area (Å²) in [6, 6.07) is 8.37. The van der Waals surface area contributed by atoms with Gasteiger partial charge in [0.25, 0.3) is 5.69 Å². The van der Waals surface area contributed by atoms with Gasteiger partial charge in [-0.15, -0.1) is 24.0 Å². The zero-order chi connectivity index (χ0) is 47.5. The molecule has 0 bridgehead atoms. The molecule has 0 amide bonds. The number of nitrogen functional groups attached to an aromatic ring is 2. The zero-order valence-corrected chi connectivity index (χ0v) is 39.7. The van der Waals surface area contributed by atoms with Crippen molar-refractivity contribution in [1.82, 2.24) is 19.5 Å². The van der Waals surface area contributed by atoms with Crippen LogP contribution in [0.2, 0.25) is 0 Å². The molecule has 0 radical (unpaired) electrons. The van der Waals surface area contributed by atoms with Gasteiger partial charge in [-0.1, -0.05) is 34.1 Å². The van der Waals surface area contributed by atoms with Crippen molar-refractivity contribution in [2.75, 3.05) is 11.5 Å². The molecule has 2 aromatic heterocycles. The largest absolute Gasteiger partial charge is 1.00 e. The smallest absolute Gasteiger partial charge is 0.450 e. The van der Waals surface area contributed by atoms with Gasteiger partial charge in [0.1, 0.15) is 21.9 Å². The fraction of sp³-hybridized carbons (Fsp3) is 0.167. The molecule has 0 aliphatic rings. The van der Waals surface area contributed by atoms with E-state index in [0.717, 1.165) is 41.7 Å². The van der Waals surface area contributed by atoms with Crippen molar-refractivity contribution in [3.05, 3.63) is 162 Å². The molecule has 9 nitrogen and oxygen atoms in total. The third-order valence-electron chi connectivity index (χ3n) is 6.87. The van der Waals surface area contributed by atoms with Crippen LogP contribution in [0.15, 0.2) is 101 Å². The van der Waals surface area contributed by atoms with Gasteiger partial charge in [0.2, 0.25) is 0 Å². The zero-order valence-electron chi connectivity index (χ0n) is 32.2. The van der Waals surface area contributed by atoms with E-state index in [2.05, 4.69) is 46.8 Å². The molecule has 28 heteroatoms. The quantitative estimate of drug-likeness (QED) is 0.0439. The van der Waals surface area contributed by atoms with Crippen molar-refractivity contribution in [1.29, 1.82) is 0 Å². The van der Waals surface area contributed by atoms with E-state index < -0.39 is 79.5 Å². The summed E-state index contributed by atoms with van der Waals surface area (Å²) in [4.78, 5) is 20.7. The number of imidazole rings is 2. The van der Waals surface area contributed by atoms with E-state index >= 15 is 0 Å². The van der Waals surface area contributed by atoms with Crippen LogP contribution in [-0.4, -0.2) is 19.5 Å². The first-order chi connectivity index (χ1) is 28.3. The Bertz CT molecular complexity index is 2410. The minimum Gasteiger partial charge on any atom is -0.450 e. The Balaban J connectivity index is 0.000000790. The van der Waals surface area contributed by atoms with Crippen LogP contribution in [0, 0.1) is 41.4 Å². The molecule has 0 saturated heterocycles. The van der Waals surface area contributed by atoms with Gasteiger partial charge in [-0.05, 0) is 90.4 Å². The van der Waals surface area contributed by atoms with Gasteiger partial charge in [-0.25, -0.2) is 18.2 Å². The van der Waals surface area contributed by atoms with E-state index in [4.69, 9.17) is 11.5 Å². The molecule has 0 saturated carbocycles. The summed E-state index contributed by atoms with van der Waals surface area (Å²) in [5, 5.41) is 10.3. The Morgan fingerprint density at radius 3 is 1.55 bits per heavy atom. The summed E-state index contributed by atoms with van der Waals surface area (Å²) in [5.41, 5.74) is 7.17. The topological polar surface area (TPSA) is 140 Å². The van der Waals surface area contributed by atoms with Crippen LogP contribution >= 0.6 is 55.8 Å². The van der Waals surface area contributed by atoms with Gasteiger partial charge in [0.15, 0.2) is 0 Å². The second kappa shape index (κ2) is 25.0. The second-order valence-electron chi connectivity index (χ2n) is 11.8. The molecule has 0 unspecified atom stereocenters. The molecule has 344 valence electrons. The number of nitro groups is 1. The van der Waals surface area contributed by atoms with Crippen molar-refractivity contribution in [2.45, 2.75) is 38.6 Å². The molecule has 64 heavy (non-hydrogen) atoms. The van der Waals surface area contributed by atoms with Crippen LogP contribution in [0.4, 0.5) is 82.9 Å². The average molecular weight is 1180 g/mol. The van der Waals surface area contributed by atoms with Crippen LogP contribution in [0.25, 0.3) is 5.69 Å². The van der Waals surface area contributed by atoms with Crippen molar-refractivity contribution < 1.29 is 100 Å². The minimum atomic E-state index is -4.84. The predicted molar refractivity (Wildman–Crippen MR) is 216 cm³/mol. The first-order valence-electron chi connectivity index (χ1n) is 16.0. The number of aromatic nitrogens is 4. The van der Waals surface area contributed by atoms with Gasteiger partial charge in [0.05, 0.1) is 45.3 Å². The molecule has 4 aromatic carbocycles. The number of rotatable bonds is 2. The Hall–Kier alpha value is -4.06. The van der Waals surface area contributed by atoms with Gasteiger partial charge in [-0.3, -0.25) is 10.1 Å². The predicted octanol–water partition coefficient (Wildman–Crippen LogP) is 10.3. The van der Waals surface area contributed by atoms with Crippen LogP contribution in [0.1, 0.15) is 33.6 Å². The number of alkyl halides is 12. The van der Waals surface area contributed by atoms with E-state index in [1.54, 1.807) is 19.3 Å². The first-order valence-corrected chi connectivity index (χ1v) is 17.6. The summed E-state index contributed by atoms with van der Waals surface area (Å²) < 4.78 is 184. The van der Waals surface area contributed by atoms with Gasteiger partial charge in [0, 0.05) is 27.7 Å². The van der Waals surface area contributed by atoms with Crippen molar-refractivity contribution >= 4 is 72.9 Å². The molecule has 0 spiro atoms. The standard InChI is InChI=1S/C11H10F3N3.C7H2BrF4NO2.C7H3BrF4.C7H5F4N.C4H5N2.HI.Na/c1-7-5-17(6-16-7)10-3-8(11(12,13)14)2-9(15)4-10;8-6-4(7(10,11)12)1-3(9)2-5(6)13(14)15;8-6-2-1-4(9)3-5(6)7(10,11)12;8-5-1-4(7(9,10)11)2-6(12)3-5;1-4-2-5-3-6-4;;/h2-6H,15H2,1H3;1-2H;1-3H;1-3H,12H2;2-3H,1H3;1H;/q;;;;-1;;+1. The van der Waals surface area contributed by atoms with Gasteiger partial charge in [-0.2, -0.15) is 52.7 Å². The summed E-state index contributed by atoms with van der Waals surface area (Å²) in [6.07, 6.45) is -12.0. The molecule has 6 rings (SSSR count). The summed E-state index contributed by atoms with van der Waals surface area (Å²) in [5.74, 6) is -3.19. The molecule has 6 aromatic rings. The SMILES string of the molecule is Cc1c[n-]cn1.Cc1cn(-c2cc(N)cc(C(F)(F)F)c2)cn1.Fc1ccc(Br)c(C(F)(F)F)c1.I.Nc1cc(F)cc(C(F)(F)F)c1.O=[N+]([O-])c1cc(F)cc(C(F)(F)F)c1Br.[Na+]. The van der Waals surface area contributed by atoms with Crippen molar-refractivity contribution in [3.8, 4) is 5.69 Å². The Morgan fingerprint density at radius 1 is 0.656 bits per heavy atom. The third-order valence-corrected chi connectivity index (χ3v) is 8.39. The van der Waals surface area contributed by atoms with E-state index in [1.807, 2.05) is 6.92 Å². The average Bonchev–Trinajstić information content (AvgIpc) is 3.79. The van der Waals surface area contributed by atoms with Gasteiger partial charge < -0.3 is 26.0 Å². The number of aryl methyl sites for hydroxylation is 2. The van der Waals surface area contributed by atoms with E-state index in [0.29, 0.717) is 30.0 Å². The number of nitrogens with zero attached hydrogens (tertiary/aromatic N) is 5. The van der Waals surface area contributed by atoms with Crippen LogP contribution in [0.5, 0.6) is 0 Å². The molecular formula is C36H26Br2F15IN7NaO2. The fourth-order valence-corrected chi connectivity index (χ4v) is 5.28. The van der Waals surface area contributed by atoms with E-state index in [-0.39, 0.29) is 75.4 Å². The normalized spacial score (nSPS) is 11.0. The third kappa shape index (κ3) is 20.0. The second-order valence-corrected chi connectivity index (χ2v) is 13.5. The number of anilines is 2. The monoisotopic (exact) mass is 1180 g/mol. The maximum Gasteiger partial charge on any atom is 1.00 e. The van der Waals surface area contributed by atoms with E-state index in [9.17, 15) is 76.0 Å². The molecular weight excluding hydrogens is 1160 g/mol. The molecule has 4 N–H and O–H groups in total. The van der Waals surface area contributed by atoms with Crippen LogP contribution in [-0.2, 0) is 24.7 Å².